The van der Waals surface area contributed by atoms with E-state index in [-0.39, 0.29) is 11.3 Å². The second kappa shape index (κ2) is 11.3. The van der Waals surface area contributed by atoms with Crippen LogP contribution in [0.3, 0.4) is 0 Å². The molecule has 3 heteroatoms. The molecule has 0 spiro atoms. The topological polar surface area (TPSA) is 9.23 Å². The standard InChI is InChI=1S/C27H34F2O/c1-3-5-7-19-30-25-18-17-24(26(28)27(25)29)23-15-13-22(14-16-23)21-11-9-20(10-12-21)8-6-4-2/h4,13-18,20-21H,2-3,5-12,19H2,1H3. The van der Waals surface area contributed by atoms with Gasteiger partial charge in [0.15, 0.2) is 11.6 Å². The average molecular weight is 413 g/mol. The fraction of sp³-hybridized carbons (Fsp3) is 0.481. The third kappa shape index (κ3) is 5.71. The number of hydrogen-bond acceptors (Lipinski definition) is 1. The van der Waals surface area contributed by atoms with Crippen LogP contribution < -0.4 is 4.74 Å². The van der Waals surface area contributed by atoms with Gasteiger partial charge in [0.25, 0.3) is 0 Å². The second-order valence-electron chi connectivity index (χ2n) is 8.50. The number of rotatable bonds is 10. The first kappa shape index (κ1) is 22.5. The van der Waals surface area contributed by atoms with Gasteiger partial charge in [0.1, 0.15) is 0 Å². The molecular weight excluding hydrogens is 378 g/mol. The third-order valence-electron chi connectivity index (χ3n) is 6.37. The predicted molar refractivity (Wildman–Crippen MR) is 121 cm³/mol. The van der Waals surface area contributed by atoms with Gasteiger partial charge in [0, 0.05) is 5.56 Å². The molecule has 0 aliphatic heterocycles. The lowest BCUT2D eigenvalue weighted by Crippen LogP contribution is -2.13. The molecule has 1 fully saturated rings. The van der Waals surface area contributed by atoms with Gasteiger partial charge in [-0.2, -0.15) is 4.39 Å². The molecule has 0 aromatic heterocycles. The molecule has 0 bridgehead atoms. The molecule has 0 heterocycles. The molecule has 1 nitrogen and oxygen atoms in total. The minimum absolute atomic E-state index is 0.00260. The molecule has 1 saturated carbocycles. The summed E-state index contributed by atoms with van der Waals surface area (Å²) in [6.07, 6.45) is 12.2. The number of halogens is 2. The number of ether oxygens (including phenoxy) is 1. The zero-order valence-electron chi connectivity index (χ0n) is 18.1. The van der Waals surface area contributed by atoms with Crippen LogP contribution >= 0.6 is 0 Å². The van der Waals surface area contributed by atoms with Crippen molar-refractivity contribution in [1.29, 1.82) is 0 Å². The van der Waals surface area contributed by atoms with Crippen molar-refractivity contribution >= 4 is 0 Å². The molecule has 0 unspecified atom stereocenters. The van der Waals surface area contributed by atoms with Crippen molar-refractivity contribution in [3.63, 3.8) is 0 Å². The summed E-state index contributed by atoms with van der Waals surface area (Å²) in [6.45, 7) is 6.32. The highest BCUT2D eigenvalue weighted by Crippen LogP contribution is 2.38. The highest BCUT2D eigenvalue weighted by Gasteiger charge is 2.22. The van der Waals surface area contributed by atoms with Gasteiger partial charge in [-0.3, -0.25) is 0 Å². The summed E-state index contributed by atoms with van der Waals surface area (Å²) in [5.41, 5.74) is 2.29. The summed E-state index contributed by atoms with van der Waals surface area (Å²) in [4.78, 5) is 0. The number of unbranched alkanes of at least 4 members (excludes halogenated alkanes) is 2. The molecule has 2 aromatic carbocycles. The van der Waals surface area contributed by atoms with Crippen LogP contribution in [0, 0.1) is 17.6 Å². The van der Waals surface area contributed by atoms with E-state index < -0.39 is 11.6 Å². The summed E-state index contributed by atoms with van der Waals surface area (Å²) in [6, 6.07) is 11.1. The van der Waals surface area contributed by atoms with Gasteiger partial charge in [-0.25, -0.2) is 4.39 Å². The predicted octanol–water partition coefficient (Wildman–Crippen LogP) is 8.44. The SMILES string of the molecule is C=CCCC1CCC(c2ccc(-c3ccc(OCCCCC)c(F)c3F)cc2)CC1. The highest BCUT2D eigenvalue weighted by molar-refractivity contribution is 5.65. The fourth-order valence-corrected chi connectivity index (χ4v) is 4.47. The minimum atomic E-state index is -0.897. The van der Waals surface area contributed by atoms with Crippen molar-refractivity contribution in [1.82, 2.24) is 0 Å². The maximum absolute atomic E-state index is 14.7. The van der Waals surface area contributed by atoms with Gasteiger partial charge in [-0.1, -0.05) is 50.1 Å². The molecule has 1 aliphatic rings. The maximum atomic E-state index is 14.7. The van der Waals surface area contributed by atoms with Crippen LogP contribution in [0.2, 0.25) is 0 Å². The Hall–Kier alpha value is -2.16. The number of benzene rings is 2. The molecule has 0 radical (unpaired) electrons. The van der Waals surface area contributed by atoms with Crippen molar-refractivity contribution in [2.45, 2.75) is 70.6 Å². The smallest absolute Gasteiger partial charge is 0.201 e. The van der Waals surface area contributed by atoms with E-state index in [1.165, 1.54) is 43.7 Å². The third-order valence-corrected chi connectivity index (χ3v) is 6.37. The van der Waals surface area contributed by atoms with E-state index in [1.807, 2.05) is 18.2 Å². The summed E-state index contributed by atoms with van der Waals surface area (Å²) in [7, 11) is 0. The monoisotopic (exact) mass is 412 g/mol. The molecule has 0 N–H and O–H groups in total. The Morgan fingerprint density at radius 3 is 2.37 bits per heavy atom. The molecule has 2 aromatic rings. The fourth-order valence-electron chi connectivity index (χ4n) is 4.47. The van der Waals surface area contributed by atoms with E-state index in [0.29, 0.717) is 18.1 Å². The average Bonchev–Trinajstić information content (AvgIpc) is 2.78. The zero-order valence-corrected chi connectivity index (χ0v) is 18.1. The van der Waals surface area contributed by atoms with Crippen LogP contribution in [-0.2, 0) is 0 Å². The van der Waals surface area contributed by atoms with E-state index in [9.17, 15) is 8.78 Å². The molecule has 0 saturated heterocycles. The minimum Gasteiger partial charge on any atom is -0.490 e. The van der Waals surface area contributed by atoms with Gasteiger partial charge in [-0.15, -0.1) is 6.58 Å². The Labute approximate surface area is 180 Å². The first-order valence-electron chi connectivity index (χ1n) is 11.5. The Bertz CT molecular complexity index is 804. The summed E-state index contributed by atoms with van der Waals surface area (Å²) in [5.74, 6) is -0.348. The Kier molecular flexibility index (Phi) is 8.48. The van der Waals surface area contributed by atoms with E-state index in [0.717, 1.165) is 31.6 Å². The van der Waals surface area contributed by atoms with Crippen LogP contribution in [0.15, 0.2) is 49.1 Å². The zero-order chi connectivity index (χ0) is 21.3. The van der Waals surface area contributed by atoms with Gasteiger partial charge < -0.3 is 4.74 Å². The molecule has 0 amide bonds. The van der Waals surface area contributed by atoms with Gasteiger partial charge in [0.05, 0.1) is 6.61 Å². The summed E-state index contributed by atoms with van der Waals surface area (Å²) < 4.78 is 34.5. The van der Waals surface area contributed by atoms with Gasteiger partial charge >= 0.3 is 0 Å². The quantitative estimate of drug-likeness (QED) is 0.281. The van der Waals surface area contributed by atoms with E-state index in [4.69, 9.17) is 4.74 Å². The van der Waals surface area contributed by atoms with E-state index in [1.54, 1.807) is 6.07 Å². The van der Waals surface area contributed by atoms with Gasteiger partial charge in [-0.05, 0) is 80.0 Å². The maximum Gasteiger partial charge on any atom is 0.201 e. The van der Waals surface area contributed by atoms with Crippen LogP contribution in [0.25, 0.3) is 11.1 Å². The van der Waals surface area contributed by atoms with Crippen molar-refractivity contribution in [2.24, 2.45) is 5.92 Å². The van der Waals surface area contributed by atoms with Crippen molar-refractivity contribution in [3.8, 4) is 16.9 Å². The van der Waals surface area contributed by atoms with Crippen molar-refractivity contribution in [2.75, 3.05) is 6.61 Å². The Balaban J connectivity index is 1.63. The summed E-state index contributed by atoms with van der Waals surface area (Å²) >= 11 is 0. The Morgan fingerprint density at radius 1 is 0.967 bits per heavy atom. The lowest BCUT2D eigenvalue weighted by Gasteiger charge is -2.28. The van der Waals surface area contributed by atoms with Gasteiger partial charge in [0.2, 0.25) is 5.82 Å². The first-order valence-corrected chi connectivity index (χ1v) is 11.5. The molecular formula is C27H34F2O. The molecule has 3 rings (SSSR count). The van der Waals surface area contributed by atoms with Crippen LogP contribution in [0.5, 0.6) is 5.75 Å². The van der Waals surface area contributed by atoms with Crippen LogP contribution in [-0.4, -0.2) is 6.61 Å². The molecule has 30 heavy (non-hydrogen) atoms. The lowest BCUT2D eigenvalue weighted by molar-refractivity contribution is 0.286. The molecule has 162 valence electrons. The number of hydrogen-bond donors (Lipinski definition) is 0. The Morgan fingerprint density at radius 2 is 1.70 bits per heavy atom. The van der Waals surface area contributed by atoms with Crippen molar-refractivity contribution in [3.05, 3.63) is 66.3 Å². The normalized spacial score (nSPS) is 18.9. The first-order chi connectivity index (χ1) is 14.6. The van der Waals surface area contributed by atoms with Crippen LogP contribution in [0.4, 0.5) is 8.78 Å². The molecule has 1 aliphatic carbocycles. The largest absolute Gasteiger partial charge is 0.490 e. The van der Waals surface area contributed by atoms with Crippen molar-refractivity contribution < 1.29 is 13.5 Å². The molecule has 0 atom stereocenters. The number of allylic oxidation sites excluding steroid dienone is 1. The second-order valence-corrected chi connectivity index (χ2v) is 8.50. The van der Waals surface area contributed by atoms with E-state index >= 15 is 0 Å². The van der Waals surface area contributed by atoms with Crippen LogP contribution in [0.1, 0.15) is 76.2 Å². The van der Waals surface area contributed by atoms with E-state index in [2.05, 4.69) is 25.6 Å². The lowest BCUT2D eigenvalue weighted by atomic mass is 9.77. The highest BCUT2D eigenvalue weighted by atomic mass is 19.2. The summed E-state index contributed by atoms with van der Waals surface area (Å²) in [5, 5.41) is 0.